The second-order valence-electron chi connectivity index (χ2n) is 7.74. The molecule has 0 saturated carbocycles. The topological polar surface area (TPSA) is 62.0 Å². The van der Waals surface area contributed by atoms with Gasteiger partial charge in [0.1, 0.15) is 5.82 Å². The Morgan fingerprint density at radius 1 is 1.27 bits per heavy atom. The molecule has 5 nitrogen and oxygen atoms in total. The van der Waals surface area contributed by atoms with Crippen molar-refractivity contribution in [3.8, 4) is 0 Å². The molecule has 0 radical (unpaired) electrons. The summed E-state index contributed by atoms with van der Waals surface area (Å²) in [5.41, 5.74) is 4.53. The summed E-state index contributed by atoms with van der Waals surface area (Å²) in [5.74, 6) is -1.36. The Labute approximate surface area is 178 Å². The Bertz CT molecular complexity index is 1140. The monoisotopic (exact) mass is 428 g/mol. The highest BCUT2D eigenvalue weighted by Gasteiger charge is 2.30. The van der Waals surface area contributed by atoms with Crippen LogP contribution in [0.15, 0.2) is 42.6 Å². The van der Waals surface area contributed by atoms with Gasteiger partial charge < -0.3 is 14.4 Å². The first-order valence-corrected chi connectivity index (χ1v) is 10.2. The molecule has 0 unspecified atom stereocenters. The molecule has 7 heteroatoms. The fourth-order valence-electron chi connectivity index (χ4n) is 4.39. The number of hydrogen-bond acceptors (Lipinski definition) is 2. The van der Waals surface area contributed by atoms with Crippen molar-refractivity contribution >= 4 is 29.0 Å². The van der Waals surface area contributed by atoms with E-state index in [1.54, 1.807) is 18.0 Å². The summed E-state index contributed by atoms with van der Waals surface area (Å²) in [6.45, 7) is 0. The van der Waals surface area contributed by atoms with E-state index in [-0.39, 0.29) is 29.8 Å². The molecule has 1 amide bonds. The maximum absolute atomic E-state index is 13.3. The van der Waals surface area contributed by atoms with Gasteiger partial charge in [-0.1, -0.05) is 23.7 Å². The Balaban J connectivity index is 1.58. The zero-order chi connectivity index (χ0) is 21.4. The van der Waals surface area contributed by atoms with E-state index in [0.717, 1.165) is 35.2 Å². The summed E-state index contributed by atoms with van der Waals surface area (Å²) in [4.78, 5) is 26.0. The highest BCUT2D eigenvalue weighted by molar-refractivity contribution is 6.31. The van der Waals surface area contributed by atoms with Crippen LogP contribution < -0.4 is 0 Å². The molecule has 1 aliphatic rings. The molecule has 0 spiro atoms. The number of carbonyl (C=O) groups excluding carboxylic acids is 1. The van der Waals surface area contributed by atoms with Gasteiger partial charge in [-0.2, -0.15) is 0 Å². The minimum atomic E-state index is -0.847. The number of hydrogen-bond donors (Lipinski definition) is 1. The molecule has 3 aromatic rings. The van der Waals surface area contributed by atoms with Gasteiger partial charge in [0.25, 0.3) is 0 Å². The van der Waals surface area contributed by atoms with Gasteiger partial charge >= 0.3 is 5.97 Å². The third kappa shape index (κ3) is 3.79. The number of halogens is 2. The molecule has 1 aliphatic carbocycles. The number of amides is 1. The Morgan fingerprint density at radius 3 is 2.80 bits per heavy atom. The lowest BCUT2D eigenvalue weighted by molar-refractivity contribution is -0.136. The number of pyridine rings is 1. The van der Waals surface area contributed by atoms with Crippen LogP contribution in [0.1, 0.15) is 28.8 Å². The van der Waals surface area contributed by atoms with Crippen LogP contribution in [0.3, 0.4) is 0 Å². The van der Waals surface area contributed by atoms with Crippen LogP contribution in [0.5, 0.6) is 0 Å². The normalized spacial score (nSPS) is 15.8. The predicted octanol–water partition coefficient (Wildman–Crippen LogP) is 3.92. The molecule has 0 aliphatic heterocycles. The average molecular weight is 429 g/mol. The van der Waals surface area contributed by atoms with Crippen molar-refractivity contribution in [1.82, 2.24) is 9.30 Å². The summed E-state index contributed by atoms with van der Waals surface area (Å²) in [6, 6.07) is 9.84. The van der Waals surface area contributed by atoms with Crippen molar-refractivity contribution < 1.29 is 19.1 Å². The molecule has 156 valence electrons. The minimum absolute atomic E-state index is 0.000193. The summed E-state index contributed by atoms with van der Waals surface area (Å²) in [6.07, 6.45) is 4.18. The Kier molecular flexibility index (Phi) is 5.52. The second kappa shape index (κ2) is 8.11. The van der Waals surface area contributed by atoms with E-state index in [9.17, 15) is 19.1 Å². The van der Waals surface area contributed by atoms with Crippen molar-refractivity contribution in [2.24, 2.45) is 0 Å². The smallest absolute Gasteiger partial charge is 0.307 e. The molecule has 4 rings (SSSR count). The molecule has 1 atom stereocenters. The Hall–Kier alpha value is -2.86. The number of aromatic nitrogens is 1. The highest BCUT2D eigenvalue weighted by atomic mass is 35.5. The quantitative estimate of drug-likeness (QED) is 0.670. The number of rotatable bonds is 5. The van der Waals surface area contributed by atoms with Gasteiger partial charge in [-0.05, 0) is 53.8 Å². The predicted molar refractivity (Wildman–Crippen MR) is 112 cm³/mol. The van der Waals surface area contributed by atoms with Gasteiger partial charge in [0.2, 0.25) is 5.91 Å². The lowest BCUT2D eigenvalue weighted by Gasteiger charge is -2.32. The Morgan fingerprint density at radius 2 is 2.07 bits per heavy atom. The number of fused-ring (bicyclic) bond motifs is 3. The van der Waals surface area contributed by atoms with E-state index in [1.807, 2.05) is 24.4 Å². The van der Waals surface area contributed by atoms with E-state index in [4.69, 9.17) is 11.6 Å². The second-order valence-corrected chi connectivity index (χ2v) is 8.15. The van der Waals surface area contributed by atoms with E-state index in [2.05, 4.69) is 4.40 Å². The van der Waals surface area contributed by atoms with Crippen LogP contribution in [0.4, 0.5) is 4.39 Å². The van der Waals surface area contributed by atoms with Crippen molar-refractivity contribution in [1.29, 1.82) is 0 Å². The third-order valence-electron chi connectivity index (χ3n) is 5.95. The summed E-state index contributed by atoms with van der Waals surface area (Å²) < 4.78 is 15.3. The van der Waals surface area contributed by atoms with Gasteiger partial charge in [-0.25, -0.2) is 4.39 Å². The number of carboxylic acid groups (broad SMARTS) is 1. The third-order valence-corrected chi connectivity index (χ3v) is 6.31. The highest BCUT2D eigenvalue weighted by Crippen LogP contribution is 2.32. The molecular weight excluding hydrogens is 407 g/mol. The number of nitrogens with zero attached hydrogens (tertiary/aromatic N) is 2. The molecule has 2 aromatic heterocycles. The molecule has 2 heterocycles. The van der Waals surface area contributed by atoms with Gasteiger partial charge in [-0.3, -0.25) is 9.59 Å². The van der Waals surface area contributed by atoms with Gasteiger partial charge in [-0.15, -0.1) is 0 Å². The zero-order valence-corrected chi connectivity index (χ0v) is 17.3. The largest absolute Gasteiger partial charge is 0.481 e. The van der Waals surface area contributed by atoms with Crippen LogP contribution in [0, 0.1) is 5.82 Å². The summed E-state index contributed by atoms with van der Waals surface area (Å²) in [7, 11) is 1.78. The van der Waals surface area contributed by atoms with Crippen molar-refractivity contribution in [3.05, 3.63) is 75.8 Å². The number of aliphatic carboxylic acids is 1. The van der Waals surface area contributed by atoms with E-state index in [1.165, 1.54) is 12.1 Å². The maximum Gasteiger partial charge on any atom is 0.307 e. The number of benzene rings is 1. The fraction of sp³-hybridized carbons (Fsp3) is 0.304. The van der Waals surface area contributed by atoms with Gasteiger partial charge in [0.05, 0.1) is 12.8 Å². The first-order chi connectivity index (χ1) is 14.3. The first kappa shape index (κ1) is 20.4. The minimum Gasteiger partial charge on any atom is -0.481 e. The molecule has 0 saturated heterocycles. The van der Waals surface area contributed by atoms with Gasteiger partial charge in [0.15, 0.2) is 0 Å². The number of carbonyl (C=O) groups is 2. The van der Waals surface area contributed by atoms with Crippen molar-refractivity contribution in [2.75, 3.05) is 7.05 Å². The van der Waals surface area contributed by atoms with E-state index in [0.29, 0.717) is 12.0 Å². The molecule has 0 bridgehead atoms. The van der Waals surface area contributed by atoms with Crippen LogP contribution in [-0.2, 0) is 35.3 Å². The molecule has 1 aromatic carbocycles. The van der Waals surface area contributed by atoms with Crippen LogP contribution in [0.25, 0.3) is 5.52 Å². The lowest BCUT2D eigenvalue weighted by atomic mass is 9.89. The molecular formula is C23H22ClFN2O3. The van der Waals surface area contributed by atoms with Crippen LogP contribution in [0.2, 0.25) is 5.02 Å². The van der Waals surface area contributed by atoms with Gasteiger partial charge in [0, 0.05) is 41.9 Å². The SMILES string of the molecule is CN(C(=O)Cc1ccc(F)cc1Cl)[C@@H]1CCc2c(CC(=O)O)c3ccccn3c2C1. The summed E-state index contributed by atoms with van der Waals surface area (Å²) >= 11 is 6.08. The maximum atomic E-state index is 13.3. The standard InChI is InChI=1S/C23H22ClFN2O3/c1-26(22(28)10-14-5-6-15(25)11-19(14)24)16-7-8-17-18(13-23(29)30)20-4-2-3-9-27(20)21(17)12-16/h2-6,9,11,16H,7-8,10,12-13H2,1H3,(H,29,30)/t16-/m1/s1. The number of carboxylic acids is 1. The number of likely N-dealkylation sites (N-methyl/N-ethyl adjacent to an activating group) is 1. The van der Waals surface area contributed by atoms with Crippen LogP contribution >= 0.6 is 11.6 Å². The summed E-state index contributed by atoms with van der Waals surface area (Å²) in [5, 5.41) is 9.59. The van der Waals surface area contributed by atoms with E-state index >= 15 is 0 Å². The van der Waals surface area contributed by atoms with Crippen LogP contribution in [-0.4, -0.2) is 39.4 Å². The van der Waals surface area contributed by atoms with Crippen molar-refractivity contribution in [2.45, 2.75) is 38.1 Å². The zero-order valence-electron chi connectivity index (χ0n) is 16.6. The average Bonchev–Trinajstić information content (AvgIpc) is 3.02. The molecule has 0 fully saturated rings. The van der Waals surface area contributed by atoms with E-state index < -0.39 is 11.8 Å². The van der Waals surface area contributed by atoms with Crippen molar-refractivity contribution in [3.63, 3.8) is 0 Å². The fourth-order valence-corrected chi connectivity index (χ4v) is 4.62. The molecule has 1 N–H and O–H groups in total. The first-order valence-electron chi connectivity index (χ1n) is 9.86. The lowest BCUT2D eigenvalue weighted by Crippen LogP contribution is -2.41. The molecule has 30 heavy (non-hydrogen) atoms.